The first kappa shape index (κ1) is 15.7. The Balaban J connectivity index is 2.67. The molecule has 0 bridgehead atoms. The van der Waals surface area contributed by atoms with Crippen LogP contribution in [0, 0.1) is 11.8 Å². The Bertz CT molecular complexity index is 387. The number of carbonyl (C=O) groups is 1. The summed E-state index contributed by atoms with van der Waals surface area (Å²) in [5.41, 5.74) is 7.09. The Morgan fingerprint density at radius 1 is 1.11 bits per heavy atom. The molecule has 0 radical (unpaired) electrons. The third-order valence-electron chi connectivity index (χ3n) is 3.42. The van der Waals surface area contributed by atoms with Crippen LogP contribution in [0.3, 0.4) is 0 Å². The Morgan fingerprint density at radius 3 is 2.16 bits per heavy atom. The highest BCUT2D eigenvalue weighted by Crippen LogP contribution is 2.21. The summed E-state index contributed by atoms with van der Waals surface area (Å²) in [5.74, 6) is 0.699. The molecule has 1 amide bonds. The average Bonchev–Trinajstić information content (AvgIpc) is 2.36. The van der Waals surface area contributed by atoms with Crippen LogP contribution in [0.4, 0.5) is 0 Å². The number of amides is 1. The fraction of sp³-hybridized carbons (Fsp3) is 0.562. The van der Waals surface area contributed by atoms with E-state index in [-0.39, 0.29) is 18.0 Å². The van der Waals surface area contributed by atoms with Crippen molar-refractivity contribution in [2.24, 2.45) is 17.6 Å². The van der Waals surface area contributed by atoms with Gasteiger partial charge >= 0.3 is 0 Å². The second-order valence-corrected chi connectivity index (χ2v) is 5.81. The third kappa shape index (κ3) is 5.03. The standard InChI is InChI=1S/C16H26N2O/c1-11(2)14(17)10-15(19)18-16(12(3)4)13-8-6-5-7-9-13/h5-9,11-12,14,16H,10,17H2,1-4H3,(H,18,19). The van der Waals surface area contributed by atoms with Crippen molar-refractivity contribution >= 4 is 5.91 Å². The number of hydrogen-bond acceptors (Lipinski definition) is 2. The Morgan fingerprint density at radius 2 is 1.68 bits per heavy atom. The fourth-order valence-electron chi connectivity index (χ4n) is 1.98. The van der Waals surface area contributed by atoms with Crippen molar-refractivity contribution in [2.45, 2.75) is 46.2 Å². The molecule has 0 spiro atoms. The van der Waals surface area contributed by atoms with Crippen molar-refractivity contribution in [1.82, 2.24) is 5.32 Å². The minimum atomic E-state index is -0.0800. The molecule has 0 fully saturated rings. The van der Waals surface area contributed by atoms with E-state index in [1.807, 2.05) is 44.2 Å². The molecule has 0 aliphatic rings. The maximum Gasteiger partial charge on any atom is 0.222 e. The zero-order valence-corrected chi connectivity index (χ0v) is 12.4. The molecule has 3 heteroatoms. The second kappa shape index (κ2) is 7.29. The largest absolute Gasteiger partial charge is 0.349 e. The molecule has 2 atom stereocenters. The number of nitrogens with two attached hydrogens (primary N) is 1. The highest BCUT2D eigenvalue weighted by Gasteiger charge is 2.20. The van der Waals surface area contributed by atoms with Crippen LogP contribution in [0.1, 0.15) is 45.7 Å². The predicted molar refractivity (Wildman–Crippen MR) is 79.6 cm³/mol. The maximum absolute atomic E-state index is 12.1. The number of nitrogens with one attached hydrogen (secondary N) is 1. The quantitative estimate of drug-likeness (QED) is 0.828. The van der Waals surface area contributed by atoms with Gasteiger partial charge < -0.3 is 11.1 Å². The normalized spacial score (nSPS) is 14.5. The van der Waals surface area contributed by atoms with Crippen LogP contribution in [0.15, 0.2) is 30.3 Å². The summed E-state index contributed by atoms with van der Waals surface area (Å²) in [6.45, 7) is 8.30. The van der Waals surface area contributed by atoms with Crippen LogP contribution >= 0.6 is 0 Å². The van der Waals surface area contributed by atoms with Crippen LogP contribution in [0.25, 0.3) is 0 Å². The van der Waals surface area contributed by atoms with Crippen molar-refractivity contribution in [1.29, 1.82) is 0 Å². The minimum absolute atomic E-state index is 0.0313. The Kier molecular flexibility index (Phi) is 6.03. The van der Waals surface area contributed by atoms with Gasteiger partial charge in [-0.3, -0.25) is 4.79 Å². The van der Waals surface area contributed by atoms with E-state index < -0.39 is 0 Å². The molecule has 1 aromatic carbocycles. The van der Waals surface area contributed by atoms with Crippen molar-refractivity contribution < 1.29 is 4.79 Å². The molecule has 2 unspecified atom stereocenters. The van der Waals surface area contributed by atoms with Gasteiger partial charge in [0.1, 0.15) is 0 Å². The highest BCUT2D eigenvalue weighted by molar-refractivity contribution is 5.77. The first-order valence-electron chi connectivity index (χ1n) is 7.01. The monoisotopic (exact) mass is 262 g/mol. The average molecular weight is 262 g/mol. The van der Waals surface area contributed by atoms with Gasteiger partial charge in [0, 0.05) is 12.5 Å². The van der Waals surface area contributed by atoms with Gasteiger partial charge in [0.05, 0.1) is 6.04 Å². The maximum atomic E-state index is 12.1. The van der Waals surface area contributed by atoms with Crippen molar-refractivity contribution in [2.75, 3.05) is 0 Å². The summed E-state index contributed by atoms with van der Waals surface area (Å²) in [5, 5.41) is 3.10. The first-order valence-corrected chi connectivity index (χ1v) is 7.01. The van der Waals surface area contributed by atoms with Crippen molar-refractivity contribution in [3.05, 3.63) is 35.9 Å². The van der Waals surface area contributed by atoms with Gasteiger partial charge in [-0.2, -0.15) is 0 Å². The molecular formula is C16H26N2O. The van der Waals surface area contributed by atoms with E-state index in [0.717, 1.165) is 5.56 Å². The predicted octanol–water partition coefficient (Wildman–Crippen LogP) is 2.87. The lowest BCUT2D eigenvalue weighted by Gasteiger charge is -2.24. The smallest absolute Gasteiger partial charge is 0.222 e. The molecule has 19 heavy (non-hydrogen) atoms. The molecule has 1 rings (SSSR count). The van der Waals surface area contributed by atoms with Crippen LogP contribution in [0.2, 0.25) is 0 Å². The molecular weight excluding hydrogens is 236 g/mol. The number of rotatable bonds is 6. The topological polar surface area (TPSA) is 55.1 Å². The van der Waals surface area contributed by atoms with Crippen LogP contribution < -0.4 is 11.1 Å². The zero-order valence-electron chi connectivity index (χ0n) is 12.4. The summed E-state index contributed by atoms with van der Waals surface area (Å²) in [7, 11) is 0. The fourth-order valence-corrected chi connectivity index (χ4v) is 1.98. The van der Waals surface area contributed by atoms with E-state index >= 15 is 0 Å². The van der Waals surface area contributed by atoms with Crippen LogP contribution in [0.5, 0.6) is 0 Å². The van der Waals surface area contributed by atoms with E-state index in [4.69, 9.17) is 5.73 Å². The highest BCUT2D eigenvalue weighted by atomic mass is 16.1. The number of carbonyl (C=O) groups excluding carboxylic acids is 1. The van der Waals surface area contributed by atoms with Gasteiger partial charge in [-0.1, -0.05) is 58.0 Å². The van der Waals surface area contributed by atoms with Gasteiger partial charge in [-0.25, -0.2) is 0 Å². The van der Waals surface area contributed by atoms with E-state index in [1.54, 1.807) is 0 Å². The molecule has 0 aliphatic heterocycles. The molecule has 106 valence electrons. The molecule has 0 saturated heterocycles. The molecule has 3 N–H and O–H groups in total. The van der Waals surface area contributed by atoms with Gasteiger partial charge in [0.25, 0.3) is 0 Å². The second-order valence-electron chi connectivity index (χ2n) is 5.81. The minimum Gasteiger partial charge on any atom is -0.349 e. The summed E-state index contributed by atoms with van der Waals surface area (Å²) < 4.78 is 0. The molecule has 0 saturated carbocycles. The zero-order chi connectivity index (χ0) is 14.4. The summed E-state index contributed by atoms with van der Waals surface area (Å²) in [6.07, 6.45) is 0.383. The van der Waals surface area contributed by atoms with E-state index in [0.29, 0.717) is 18.3 Å². The lowest BCUT2D eigenvalue weighted by molar-refractivity contribution is -0.122. The third-order valence-corrected chi connectivity index (χ3v) is 3.42. The van der Waals surface area contributed by atoms with Crippen LogP contribution in [-0.2, 0) is 4.79 Å². The van der Waals surface area contributed by atoms with Crippen LogP contribution in [-0.4, -0.2) is 11.9 Å². The number of benzene rings is 1. The van der Waals surface area contributed by atoms with Crippen molar-refractivity contribution in [3.63, 3.8) is 0 Å². The van der Waals surface area contributed by atoms with Gasteiger partial charge in [0.2, 0.25) is 5.91 Å². The molecule has 0 aliphatic carbocycles. The summed E-state index contributed by atoms with van der Waals surface area (Å²) in [4.78, 5) is 12.1. The Labute approximate surface area is 116 Å². The van der Waals surface area contributed by atoms with E-state index in [1.165, 1.54) is 0 Å². The molecule has 3 nitrogen and oxygen atoms in total. The molecule has 0 aromatic heterocycles. The summed E-state index contributed by atoms with van der Waals surface area (Å²) >= 11 is 0. The summed E-state index contributed by atoms with van der Waals surface area (Å²) in [6, 6.07) is 10.0. The SMILES string of the molecule is CC(C)C(N)CC(=O)NC(c1ccccc1)C(C)C. The lowest BCUT2D eigenvalue weighted by Crippen LogP contribution is -2.37. The first-order chi connectivity index (χ1) is 8.91. The van der Waals surface area contributed by atoms with E-state index in [9.17, 15) is 4.79 Å². The van der Waals surface area contributed by atoms with Gasteiger partial charge in [0.15, 0.2) is 0 Å². The van der Waals surface area contributed by atoms with Gasteiger partial charge in [-0.05, 0) is 17.4 Å². The molecule has 0 heterocycles. The Hall–Kier alpha value is -1.35. The lowest BCUT2D eigenvalue weighted by atomic mass is 9.95. The number of hydrogen-bond donors (Lipinski definition) is 2. The molecule has 1 aromatic rings. The van der Waals surface area contributed by atoms with E-state index in [2.05, 4.69) is 19.2 Å². The van der Waals surface area contributed by atoms with Crippen molar-refractivity contribution in [3.8, 4) is 0 Å². The van der Waals surface area contributed by atoms with Gasteiger partial charge in [-0.15, -0.1) is 0 Å².